The molecule has 1 aromatic heterocycles. The molecule has 1 unspecified atom stereocenters. The highest BCUT2D eigenvalue weighted by Crippen LogP contribution is 2.42. The second kappa shape index (κ2) is 8.12. The zero-order valence-corrected chi connectivity index (χ0v) is 19.0. The molecule has 3 aromatic carbocycles. The summed E-state index contributed by atoms with van der Waals surface area (Å²) in [5.74, 6) is 0.193. The monoisotopic (exact) mass is 464 g/mol. The zero-order chi connectivity index (χ0) is 24.1. The van der Waals surface area contributed by atoms with Crippen molar-refractivity contribution in [3.8, 4) is 34.2 Å². The van der Waals surface area contributed by atoms with Crippen LogP contribution in [0.1, 0.15) is 5.56 Å². The average Bonchev–Trinajstić information content (AvgIpc) is 3.30. The Morgan fingerprint density at radius 1 is 1.20 bits per heavy atom. The molecule has 6 rings (SSSR count). The smallest absolute Gasteiger partial charge is 0.197 e. The van der Waals surface area contributed by atoms with Gasteiger partial charge in [-0.2, -0.15) is 10.4 Å². The van der Waals surface area contributed by atoms with Gasteiger partial charge >= 0.3 is 0 Å². The Hall–Kier alpha value is -4.40. The van der Waals surface area contributed by atoms with Crippen LogP contribution in [-0.4, -0.2) is 54.4 Å². The van der Waals surface area contributed by atoms with Crippen molar-refractivity contribution >= 4 is 22.3 Å². The number of ether oxygens (including phenoxy) is 1. The van der Waals surface area contributed by atoms with Crippen molar-refractivity contribution in [2.75, 3.05) is 38.2 Å². The van der Waals surface area contributed by atoms with Crippen LogP contribution in [0.5, 0.6) is 5.75 Å². The minimum Gasteiger partial charge on any atom is -0.489 e. The van der Waals surface area contributed by atoms with Crippen molar-refractivity contribution in [2.45, 2.75) is 6.04 Å². The number of fused-ring (bicyclic) bond motifs is 4. The first-order valence-electron chi connectivity index (χ1n) is 11.4. The highest BCUT2D eigenvalue weighted by molar-refractivity contribution is 6.00. The van der Waals surface area contributed by atoms with Crippen LogP contribution in [0, 0.1) is 23.7 Å². The van der Waals surface area contributed by atoms with Gasteiger partial charge in [0.15, 0.2) is 5.69 Å². The predicted molar refractivity (Wildman–Crippen MR) is 132 cm³/mol. The molecule has 0 spiro atoms. The van der Waals surface area contributed by atoms with Gasteiger partial charge in [0.1, 0.15) is 24.2 Å². The van der Waals surface area contributed by atoms with E-state index < -0.39 is 5.82 Å². The van der Waals surface area contributed by atoms with Gasteiger partial charge in [-0.3, -0.25) is 5.10 Å². The molecule has 1 atom stereocenters. The van der Waals surface area contributed by atoms with Crippen molar-refractivity contribution in [1.29, 1.82) is 5.26 Å². The lowest BCUT2D eigenvalue weighted by Gasteiger charge is -2.44. The summed E-state index contributed by atoms with van der Waals surface area (Å²) >= 11 is 0. The number of aromatic amines is 1. The largest absolute Gasteiger partial charge is 0.489 e. The molecule has 4 aromatic rings. The molecule has 0 radical (unpaired) electrons. The molecule has 0 saturated carbocycles. The van der Waals surface area contributed by atoms with Crippen LogP contribution < -0.4 is 9.64 Å². The quantitative estimate of drug-likeness (QED) is 0.424. The fourth-order valence-electron chi connectivity index (χ4n) is 5.08. The molecule has 8 heteroatoms. The van der Waals surface area contributed by atoms with E-state index in [2.05, 4.69) is 38.0 Å². The number of piperazine rings is 1. The molecular weight excluding hydrogens is 443 g/mol. The van der Waals surface area contributed by atoms with E-state index >= 15 is 4.39 Å². The van der Waals surface area contributed by atoms with Gasteiger partial charge in [0.2, 0.25) is 0 Å². The van der Waals surface area contributed by atoms with Gasteiger partial charge in [0, 0.05) is 36.1 Å². The maximum absolute atomic E-state index is 15.0. The summed E-state index contributed by atoms with van der Waals surface area (Å²) in [4.78, 5) is 8.34. The first kappa shape index (κ1) is 21.2. The Morgan fingerprint density at radius 3 is 2.91 bits per heavy atom. The molecule has 3 heterocycles. The SMILES string of the molecule is [C-]#[N+]c1cc2[nH]nc(-c3ccc4c(c3)OCC3CN(C)CCN43)c2cc1-c1cccc(C#N)c1F. The van der Waals surface area contributed by atoms with Gasteiger partial charge in [-0.05, 0) is 36.9 Å². The number of hydrogen-bond acceptors (Lipinski definition) is 5. The third-order valence-electron chi connectivity index (χ3n) is 6.87. The molecule has 7 nitrogen and oxygen atoms in total. The maximum atomic E-state index is 15.0. The number of nitrogens with one attached hydrogen (secondary N) is 1. The molecule has 1 N–H and O–H groups in total. The molecule has 0 amide bonds. The van der Waals surface area contributed by atoms with Gasteiger partial charge in [0.05, 0.1) is 35.1 Å². The second-order valence-corrected chi connectivity index (χ2v) is 8.98. The van der Waals surface area contributed by atoms with Gasteiger partial charge in [-0.15, -0.1) is 0 Å². The summed E-state index contributed by atoms with van der Waals surface area (Å²) in [7, 11) is 2.13. The summed E-state index contributed by atoms with van der Waals surface area (Å²) in [6.45, 7) is 11.2. The zero-order valence-electron chi connectivity index (χ0n) is 19.0. The highest BCUT2D eigenvalue weighted by Gasteiger charge is 2.32. The van der Waals surface area contributed by atoms with E-state index in [1.165, 1.54) is 6.07 Å². The Balaban J connectivity index is 1.46. The van der Waals surface area contributed by atoms with Crippen LogP contribution in [0.2, 0.25) is 0 Å². The molecule has 0 bridgehead atoms. The predicted octanol–water partition coefficient (Wildman–Crippen LogP) is 4.97. The fourth-order valence-corrected chi connectivity index (χ4v) is 5.08. The number of likely N-dealkylation sites (N-methyl/N-ethyl adjacent to an activating group) is 1. The van der Waals surface area contributed by atoms with Gasteiger partial charge in [0.25, 0.3) is 0 Å². The van der Waals surface area contributed by atoms with Gasteiger partial charge in [-0.25, -0.2) is 9.24 Å². The van der Waals surface area contributed by atoms with Gasteiger partial charge < -0.3 is 14.5 Å². The van der Waals surface area contributed by atoms with E-state index in [-0.39, 0.29) is 16.8 Å². The number of benzene rings is 3. The topological polar surface area (TPSA) is 72.5 Å². The van der Waals surface area contributed by atoms with Crippen molar-refractivity contribution in [2.24, 2.45) is 0 Å². The van der Waals surface area contributed by atoms with Crippen LogP contribution in [0.3, 0.4) is 0 Å². The molecule has 2 aliphatic rings. The van der Waals surface area contributed by atoms with Crippen LogP contribution >= 0.6 is 0 Å². The van der Waals surface area contributed by atoms with Crippen LogP contribution in [0.25, 0.3) is 38.1 Å². The first-order chi connectivity index (χ1) is 17.1. The Labute approximate surface area is 201 Å². The third-order valence-corrected chi connectivity index (χ3v) is 6.87. The summed E-state index contributed by atoms with van der Waals surface area (Å²) < 4.78 is 21.1. The third kappa shape index (κ3) is 3.39. The van der Waals surface area contributed by atoms with E-state index in [4.69, 9.17) is 11.3 Å². The number of aromatic nitrogens is 2. The Bertz CT molecular complexity index is 1560. The van der Waals surface area contributed by atoms with E-state index in [9.17, 15) is 5.26 Å². The van der Waals surface area contributed by atoms with E-state index in [1.54, 1.807) is 24.3 Å². The molecular formula is C27H21FN6O. The number of nitrogens with zero attached hydrogens (tertiary/aromatic N) is 5. The number of nitriles is 1. The Kier molecular flexibility index (Phi) is 4.91. The minimum absolute atomic E-state index is 0.0556. The van der Waals surface area contributed by atoms with Gasteiger partial charge in [-0.1, -0.05) is 24.3 Å². The second-order valence-electron chi connectivity index (χ2n) is 8.98. The number of hydrogen-bond donors (Lipinski definition) is 1. The molecule has 35 heavy (non-hydrogen) atoms. The van der Waals surface area contributed by atoms with Crippen molar-refractivity contribution in [3.05, 3.63) is 71.3 Å². The lowest BCUT2D eigenvalue weighted by molar-refractivity contribution is 0.188. The average molecular weight is 465 g/mol. The summed E-state index contributed by atoms with van der Waals surface area (Å²) in [5, 5.41) is 17.5. The highest BCUT2D eigenvalue weighted by atomic mass is 19.1. The number of anilines is 1. The van der Waals surface area contributed by atoms with Crippen molar-refractivity contribution in [1.82, 2.24) is 15.1 Å². The molecule has 2 aliphatic heterocycles. The summed E-state index contributed by atoms with van der Waals surface area (Å²) in [6, 6.07) is 16.4. The van der Waals surface area contributed by atoms with E-state index in [0.717, 1.165) is 42.0 Å². The van der Waals surface area contributed by atoms with Crippen molar-refractivity contribution in [3.63, 3.8) is 0 Å². The first-order valence-corrected chi connectivity index (χ1v) is 11.4. The summed E-state index contributed by atoms with van der Waals surface area (Å²) in [6.07, 6.45) is 0. The molecule has 1 fully saturated rings. The number of halogens is 1. The maximum Gasteiger partial charge on any atom is 0.197 e. The number of H-pyrrole nitrogens is 1. The minimum atomic E-state index is -0.631. The standard InChI is InChI=1S/C27H21FN6O/c1-30-22-12-23-21(11-20(22)19-5-3-4-17(13-29)26(19)28)27(32-31-23)16-6-7-24-25(10-16)35-15-18-14-33(2)8-9-34(18)24/h3-7,10-12,18H,8-9,14-15H2,2H3,(H,31,32). The van der Waals surface area contributed by atoms with Crippen LogP contribution in [0.4, 0.5) is 15.8 Å². The molecule has 1 saturated heterocycles. The lowest BCUT2D eigenvalue weighted by Crippen LogP contribution is -2.56. The van der Waals surface area contributed by atoms with Crippen LogP contribution in [-0.2, 0) is 0 Å². The Morgan fingerprint density at radius 2 is 2.09 bits per heavy atom. The normalized spacial score (nSPS) is 17.3. The van der Waals surface area contributed by atoms with Crippen LogP contribution in [0.15, 0.2) is 48.5 Å². The molecule has 172 valence electrons. The van der Waals surface area contributed by atoms with E-state index in [0.29, 0.717) is 29.4 Å². The molecule has 0 aliphatic carbocycles. The van der Waals surface area contributed by atoms with Crippen molar-refractivity contribution < 1.29 is 9.13 Å². The number of rotatable bonds is 2. The fraction of sp³-hybridized carbons (Fsp3) is 0.222. The lowest BCUT2D eigenvalue weighted by atomic mass is 9.97. The summed E-state index contributed by atoms with van der Waals surface area (Å²) in [5.41, 5.74) is 4.22. The van der Waals surface area contributed by atoms with E-state index in [1.807, 2.05) is 18.2 Å².